The number of hydrogen-bond donors (Lipinski definition) is 1. The van der Waals surface area contributed by atoms with Crippen LogP contribution in [0.2, 0.25) is 0 Å². The summed E-state index contributed by atoms with van der Waals surface area (Å²) in [6.07, 6.45) is 7.34. The molecule has 0 bridgehead atoms. The molecule has 1 heterocycles. The number of anilines is 1. The van der Waals surface area contributed by atoms with Crippen molar-refractivity contribution in [3.63, 3.8) is 0 Å². The highest BCUT2D eigenvalue weighted by Gasteiger charge is 2.41. The number of hydrogen-bond acceptors (Lipinski definition) is 3. The Morgan fingerprint density at radius 1 is 1.35 bits per heavy atom. The summed E-state index contributed by atoms with van der Waals surface area (Å²) in [5.41, 5.74) is 0.651. The molecule has 0 aliphatic heterocycles. The van der Waals surface area contributed by atoms with E-state index in [1.165, 1.54) is 25.7 Å². The minimum absolute atomic E-state index is 0.651. The van der Waals surface area contributed by atoms with Gasteiger partial charge in [-0.15, -0.1) is 0 Å². The summed E-state index contributed by atoms with van der Waals surface area (Å²) in [7, 11) is 0. The first-order valence-electron chi connectivity index (χ1n) is 6.47. The van der Waals surface area contributed by atoms with Gasteiger partial charge in [0.15, 0.2) is 0 Å². The molecule has 2 aliphatic rings. The SMILES string of the molecule is N#Cc1cccnc1NCC(C1CC1)C1CC1. The van der Waals surface area contributed by atoms with Gasteiger partial charge < -0.3 is 5.32 Å². The van der Waals surface area contributed by atoms with Crippen molar-refractivity contribution in [1.82, 2.24) is 4.98 Å². The molecule has 17 heavy (non-hydrogen) atoms. The van der Waals surface area contributed by atoms with Gasteiger partial charge in [-0.2, -0.15) is 5.26 Å². The van der Waals surface area contributed by atoms with Crippen molar-refractivity contribution in [3.05, 3.63) is 23.9 Å². The molecule has 2 aliphatic carbocycles. The molecule has 1 aromatic heterocycles. The minimum atomic E-state index is 0.651. The van der Waals surface area contributed by atoms with Crippen molar-refractivity contribution >= 4 is 5.82 Å². The van der Waals surface area contributed by atoms with Crippen LogP contribution in [0.3, 0.4) is 0 Å². The van der Waals surface area contributed by atoms with Crippen LogP contribution in [-0.2, 0) is 0 Å². The number of nitriles is 1. The maximum Gasteiger partial charge on any atom is 0.143 e. The average Bonchev–Trinajstić information content (AvgIpc) is 3.23. The summed E-state index contributed by atoms with van der Waals surface area (Å²) in [6, 6.07) is 5.81. The fourth-order valence-corrected chi connectivity index (χ4v) is 2.62. The van der Waals surface area contributed by atoms with Gasteiger partial charge in [-0.1, -0.05) is 0 Å². The maximum atomic E-state index is 9.00. The Morgan fingerprint density at radius 2 is 2.06 bits per heavy atom. The zero-order valence-corrected chi connectivity index (χ0v) is 9.89. The van der Waals surface area contributed by atoms with Crippen LogP contribution < -0.4 is 5.32 Å². The van der Waals surface area contributed by atoms with E-state index >= 15 is 0 Å². The third-order valence-electron chi connectivity index (χ3n) is 3.89. The van der Waals surface area contributed by atoms with Crippen LogP contribution in [0.5, 0.6) is 0 Å². The second-order valence-electron chi connectivity index (χ2n) is 5.23. The molecular weight excluding hydrogens is 210 g/mol. The van der Waals surface area contributed by atoms with Crippen LogP contribution in [0.1, 0.15) is 31.2 Å². The normalized spacial score (nSPS) is 19.1. The molecule has 0 aromatic carbocycles. The van der Waals surface area contributed by atoms with Crippen molar-refractivity contribution in [2.24, 2.45) is 17.8 Å². The van der Waals surface area contributed by atoms with E-state index in [2.05, 4.69) is 16.4 Å². The molecule has 0 radical (unpaired) electrons. The van der Waals surface area contributed by atoms with Crippen molar-refractivity contribution in [3.8, 4) is 6.07 Å². The summed E-state index contributed by atoms with van der Waals surface area (Å²) in [4.78, 5) is 4.25. The molecule has 3 rings (SSSR count). The molecule has 1 N–H and O–H groups in total. The molecule has 0 spiro atoms. The summed E-state index contributed by atoms with van der Waals surface area (Å²) in [6.45, 7) is 0.987. The van der Waals surface area contributed by atoms with Crippen molar-refractivity contribution in [2.45, 2.75) is 25.7 Å². The predicted octanol–water partition coefficient (Wildman–Crippen LogP) is 2.80. The molecular formula is C14H17N3. The Kier molecular flexibility index (Phi) is 2.72. The van der Waals surface area contributed by atoms with E-state index < -0.39 is 0 Å². The summed E-state index contributed by atoms with van der Waals surface area (Å²) in [5.74, 6) is 3.43. The quantitative estimate of drug-likeness (QED) is 0.841. The van der Waals surface area contributed by atoms with E-state index in [-0.39, 0.29) is 0 Å². The van der Waals surface area contributed by atoms with Crippen LogP contribution in [0, 0.1) is 29.1 Å². The topological polar surface area (TPSA) is 48.7 Å². The molecule has 0 amide bonds. The van der Waals surface area contributed by atoms with Gasteiger partial charge >= 0.3 is 0 Å². The molecule has 3 nitrogen and oxygen atoms in total. The fourth-order valence-electron chi connectivity index (χ4n) is 2.62. The molecule has 0 unspecified atom stereocenters. The first-order valence-corrected chi connectivity index (χ1v) is 6.47. The van der Waals surface area contributed by atoms with Crippen LogP contribution in [0.25, 0.3) is 0 Å². The van der Waals surface area contributed by atoms with Gasteiger partial charge in [0.05, 0.1) is 5.56 Å². The zero-order chi connectivity index (χ0) is 11.7. The lowest BCUT2D eigenvalue weighted by atomic mass is 9.98. The van der Waals surface area contributed by atoms with Gasteiger partial charge in [0.25, 0.3) is 0 Å². The van der Waals surface area contributed by atoms with Crippen LogP contribution in [0.4, 0.5) is 5.82 Å². The second kappa shape index (κ2) is 4.37. The maximum absolute atomic E-state index is 9.00. The summed E-state index contributed by atoms with van der Waals surface area (Å²) >= 11 is 0. The van der Waals surface area contributed by atoms with Gasteiger partial charge in [0.2, 0.25) is 0 Å². The van der Waals surface area contributed by atoms with Crippen LogP contribution in [-0.4, -0.2) is 11.5 Å². The van der Waals surface area contributed by atoms with Gasteiger partial charge in [-0.05, 0) is 55.6 Å². The molecule has 88 valence electrons. The molecule has 0 saturated heterocycles. The van der Waals surface area contributed by atoms with Gasteiger partial charge in [0.1, 0.15) is 11.9 Å². The highest BCUT2D eigenvalue weighted by atomic mass is 15.0. The van der Waals surface area contributed by atoms with Crippen molar-refractivity contribution in [1.29, 1.82) is 5.26 Å². The Hall–Kier alpha value is -1.56. The minimum Gasteiger partial charge on any atom is -0.369 e. The Labute approximate surface area is 102 Å². The fraction of sp³-hybridized carbons (Fsp3) is 0.571. The molecule has 2 saturated carbocycles. The van der Waals surface area contributed by atoms with E-state index in [0.717, 1.165) is 30.1 Å². The number of aromatic nitrogens is 1. The number of nitrogens with one attached hydrogen (secondary N) is 1. The van der Waals surface area contributed by atoms with E-state index in [4.69, 9.17) is 5.26 Å². The van der Waals surface area contributed by atoms with E-state index in [1.807, 2.05) is 12.1 Å². The van der Waals surface area contributed by atoms with E-state index in [9.17, 15) is 0 Å². The molecule has 2 fully saturated rings. The lowest BCUT2D eigenvalue weighted by Crippen LogP contribution is -2.19. The first-order chi connectivity index (χ1) is 8.38. The molecule has 0 atom stereocenters. The Bertz CT molecular complexity index is 429. The average molecular weight is 227 g/mol. The number of rotatable bonds is 5. The van der Waals surface area contributed by atoms with Crippen molar-refractivity contribution < 1.29 is 0 Å². The van der Waals surface area contributed by atoms with Gasteiger partial charge in [0, 0.05) is 12.7 Å². The van der Waals surface area contributed by atoms with Gasteiger partial charge in [-0.3, -0.25) is 0 Å². The lowest BCUT2D eigenvalue weighted by Gasteiger charge is -2.16. The standard InChI is InChI=1S/C14H17N3/c15-8-12-2-1-7-16-14(12)17-9-13(10-3-4-10)11-5-6-11/h1-2,7,10-11,13H,3-6,9H2,(H,16,17). The summed E-state index contributed by atoms with van der Waals surface area (Å²) in [5, 5.41) is 12.4. The lowest BCUT2D eigenvalue weighted by molar-refractivity contribution is 0.427. The first kappa shape index (κ1) is 10.6. The monoisotopic (exact) mass is 227 g/mol. The third kappa shape index (κ3) is 2.41. The number of pyridine rings is 1. The highest BCUT2D eigenvalue weighted by molar-refractivity contribution is 5.51. The second-order valence-corrected chi connectivity index (χ2v) is 5.23. The molecule has 1 aromatic rings. The van der Waals surface area contributed by atoms with Crippen molar-refractivity contribution in [2.75, 3.05) is 11.9 Å². The third-order valence-corrected chi connectivity index (χ3v) is 3.89. The largest absolute Gasteiger partial charge is 0.369 e. The summed E-state index contributed by atoms with van der Waals surface area (Å²) < 4.78 is 0. The zero-order valence-electron chi connectivity index (χ0n) is 9.89. The van der Waals surface area contributed by atoms with E-state index in [0.29, 0.717) is 5.56 Å². The van der Waals surface area contributed by atoms with Gasteiger partial charge in [-0.25, -0.2) is 4.98 Å². The highest BCUT2D eigenvalue weighted by Crippen LogP contribution is 2.49. The van der Waals surface area contributed by atoms with Crippen LogP contribution >= 0.6 is 0 Å². The predicted molar refractivity (Wildman–Crippen MR) is 66.4 cm³/mol. The van der Waals surface area contributed by atoms with E-state index in [1.54, 1.807) is 6.20 Å². The van der Waals surface area contributed by atoms with Crippen LogP contribution in [0.15, 0.2) is 18.3 Å². The smallest absolute Gasteiger partial charge is 0.143 e. The Morgan fingerprint density at radius 3 is 2.65 bits per heavy atom. The molecule has 3 heteroatoms. The Balaban J connectivity index is 1.64. The number of nitrogens with zero attached hydrogens (tertiary/aromatic N) is 2.